The molecule has 1 saturated heterocycles. The number of carboxylic acid groups (broad SMARTS) is 1. The number of ether oxygens (including phenoxy) is 3. The highest BCUT2D eigenvalue weighted by molar-refractivity contribution is 5.69. The standard InChI is InChI=1S/C23H25NO5/c25-23(26)12-15-14-28-22-13-16(4-5-17(15)22)29-21-7-6-18-19(21)2-1-3-20(18)24-8-10-27-11-9-24/h1-5,13,15,21H,6-12,14H2,(H,25,26)/t15?,21-/m1/s1. The van der Waals surface area contributed by atoms with E-state index in [0.717, 1.165) is 56.2 Å². The molecule has 2 aromatic rings. The van der Waals surface area contributed by atoms with Gasteiger partial charge in [-0.2, -0.15) is 0 Å². The highest BCUT2D eigenvalue weighted by Crippen LogP contribution is 2.42. The topological polar surface area (TPSA) is 68.2 Å². The molecule has 1 aliphatic carbocycles. The Morgan fingerprint density at radius 2 is 2.03 bits per heavy atom. The van der Waals surface area contributed by atoms with Crippen molar-refractivity contribution in [3.63, 3.8) is 0 Å². The smallest absolute Gasteiger partial charge is 0.304 e. The maximum Gasteiger partial charge on any atom is 0.304 e. The first-order valence-corrected chi connectivity index (χ1v) is 10.3. The number of hydrogen-bond acceptors (Lipinski definition) is 5. The molecule has 0 amide bonds. The number of anilines is 1. The van der Waals surface area contributed by atoms with E-state index in [1.807, 2.05) is 18.2 Å². The molecule has 0 saturated carbocycles. The molecular weight excluding hydrogens is 370 g/mol. The molecule has 3 aliphatic rings. The summed E-state index contributed by atoms with van der Waals surface area (Å²) < 4.78 is 17.6. The zero-order valence-electron chi connectivity index (χ0n) is 16.3. The van der Waals surface area contributed by atoms with Gasteiger partial charge < -0.3 is 24.2 Å². The van der Waals surface area contributed by atoms with Gasteiger partial charge >= 0.3 is 5.97 Å². The van der Waals surface area contributed by atoms with Crippen molar-refractivity contribution in [1.29, 1.82) is 0 Å². The maximum absolute atomic E-state index is 11.0. The molecular formula is C23H25NO5. The number of nitrogens with zero attached hydrogens (tertiary/aromatic N) is 1. The molecule has 2 atom stereocenters. The Hall–Kier alpha value is -2.73. The molecule has 0 spiro atoms. The van der Waals surface area contributed by atoms with Gasteiger partial charge in [-0.15, -0.1) is 0 Å². The van der Waals surface area contributed by atoms with Crippen LogP contribution in [0.25, 0.3) is 0 Å². The molecule has 2 aromatic carbocycles. The van der Waals surface area contributed by atoms with Gasteiger partial charge in [-0.05, 0) is 36.1 Å². The fourth-order valence-electron chi connectivity index (χ4n) is 4.69. The summed E-state index contributed by atoms with van der Waals surface area (Å²) in [5, 5.41) is 9.06. The molecule has 0 aromatic heterocycles. The van der Waals surface area contributed by atoms with E-state index in [1.165, 1.54) is 16.8 Å². The van der Waals surface area contributed by atoms with E-state index in [0.29, 0.717) is 6.61 Å². The van der Waals surface area contributed by atoms with Gasteiger partial charge in [0.2, 0.25) is 0 Å². The quantitative estimate of drug-likeness (QED) is 0.835. The molecule has 2 aliphatic heterocycles. The van der Waals surface area contributed by atoms with Crippen molar-refractivity contribution in [3.8, 4) is 11.5 Å². The van der Waals surface area contributed by atoms with Crippen LogP contribution < -0.4 is 14.4 Å². The predicted molar refractivity (Wildman–Crippen MR) is 108 cm³/mol. The molecule has 6 heteroatoms. The summed E-state index contributed by atoms with van der Waals surface area (Å²) in [7, 11) is 0. The van der Waals surface area contributed by atoms with Crippen LogP contribution in [0.2, 0.25) is 0 Å². The monoisotopic (exact) mass is 395 g/mol. The molecule has 29 heavy (non-hydrogen) atoms. The molecule has 152 valence electrons. The first kappa shape index (κ1) is 18.3. The van der Waals surface area contributed by atoms with Gasteiger partial charge in [0.15, 0.2) is 0 Å². The SMILES string of the molecule is O=C(O)CC1COc2cc(O[C@@H]3CCc4c3cccc4N3CCOCC3)ccc21. The zero-order chi connectivity index (χ0) is 19.8. The van der Waals surface area contributed by atoms with Gasteiger partial charge in [-0.1, -0.05) is 18.2 Å². The van der Waals surface area contributed by atoms with Crippen LogP contribution in [-0.4, -0.2) is 44.0 Å². The van der Waals surface area contributed by atoms with Crippen LogP contribution >= 0.6 is 0 Å². The third-order valence-corrected chi connectivity index (χ3v) is 6.11. The number of carbonyl (C=O) groups is 1. The Bertz CT molecular complexity index is 921. The van der Waals surface area contributed by atoms with Gasteiger partial charge in [0.1, 0.15) is 17.6 Å². The van der Waals surface area contributed by atoms with Crippen LogP contribution in [0.3, 0.4) is 0 Å². The Morgan fingerprint density at radius 1 is 1.17 bits per heavy atom. The molecule has 2 heterocycles. The summed E-state index contributed by atoms with van der Waals surface area (Å²) in [6.07, 6.45) is 2.08. The maximum atomic E-state index is 11.0. The second-order valence-corrected chi connectivity index (χ2v) is 7.89. The molecule has 1 N–H and O–H groups in total. The highest BCUT2D eigenvalue weighted by atomic mass is 16.5. The number of carboxylic acids is 1. The zero-order valence-corrected chi connectivity index (χ0v) is 16.3. The molecule has 5 rings (SSSR count). The molecule has 0 bridgehead atoms. The number of aliphatic carboxylic acids is 1. The Labute approximate surface area is 170 Å². The average molecular weight is 395 g/mol. The minimum atomic E-state index is -0.801. The summed E-state index contributed by atoms with van der Waals surface area (Å²) in [5.74, 6) is 0.633. The number of morpholine rings is 1. The Kier molecular flexibility index (Phi) is 4.79. The third-order valence-electron chi connectivity index (χ3n) is 6.11. The van der Waals surface area contributed by atoms with Gasteiger partial charge in [-0.3, -0.25) is 4.79 Å². The second-order valence-electron chi connectivity index (χ2n) is 7.89. The molecule has 0 radical (unpaired) electrons. The fraction of sp³-hybridized carbons (Fsp3) is 0.435. The van der Waals surface area contributed by atoms with Crippen molar-refractivity contribution in [1.82, 2.24) is 0 Å². The van der Waals surface area contributed by atoms with Crippen LogP contribution in [0.1, 0.15) is 41.6 Å². The first-order valence-electron chi connectivity index (χ1n) is 10.3. The van der Waals surface area contributed by atoms with Gasteiger partial charge in [0, 0.05) is 36.3 Å². The lowest BCUT2D eigenvalue weighted by Gasteiger charge is -2.30. The number of fused-ring (bicyclic) bond motifs is 2. The van der Waals surface area contributed by atoms with E-state index < -0.39 is 5.97 Å². The lowest BCUT2D eigenvalue weighted by Crippen LogP contribution is -2.36. The summed E-state index contributed by atoms with van der Waals surface area (Å²) in [5.41, 5.74) is 4.92. The summed E-state index contributed by atoms with van der Waals surface area (Å²) >= 11 is 0. The largest absolute Gasteiger partial charge is 0.492 e. The van der Waals surface area contributed by atoms with Crippen LogP contribution in [-0.2, 0) is 16.0 Å². The van der Waals surface area contributed by atoms with Crippen molar-refractivity contribution in [3.05, 3.63) is 53.1 Å². The van der Waals surface area contributed by atoms with E-state index in [-0.39, 0.29) is 18.4 Å². The van der Waals surface area contributed by atoms with Gasteiger partial charge in [0.25, 0.3) is 0 Å². The highest BCUT2D eigenvalue weighted by Gasteiger charge is 2.30. The Balaban J connectivity index is 1.34. The molecule has 1 unspecified atom stereocenters. The molecule has 6 nitrogen and oxygen atoms in total. The van der Waals surface area contributed by atoms with E-state index in [2.05, 4.69) is 23.1 Å². The normalized spacial score (nSPS) is 22.7. The van der Waals surface area contributed by atoms with Crippen molar-refractivity contribution in [2.75, 3.05) is 37.8 Å². The number of benzene rings is 2. The predicted octanol–water partition coefficient (Wildman–Crippen LogP) is 3.54. The second kappa shape index (κ2) is 7.59. The number of hydrogen-bond donors (Lipinski definition) is 1. The summed E-state index contributed by atoms with van der Waals surface area (Å²) in [6.45, 7) is 3.84. The van der Waals surface area contributed by atoms with Crippen molar-refractivity contribution < 1.29 is 24.1 Å². The third kappa shape index (κ3) is 3.53. The van der Waals surface area contributed by atoms with Crippen LogP contribution in [0.5, 0.6) is 11.5 Å². The minimum absolute atomic E-state index is 0.0280. The number of rotatable bonds is 5. The van der Waals surface area contributed by atoms with E-state index in [1.54, 1.807) is 0 Å². The van der Waals surface area contributed by atoms with E-state index in [9.17, 15) is 4.79 Å². The minimum Gasteiger partial charge on any atom is -0.492 e. The van der Waals surface area contributed by atoms with Crippen LogP contribution in [0.4, 0.5) is 5.69 Å². The van der Waals surface area contributed by atoms with Crippen molar-refractivity contribution in [2.45, 2.75) is 31.3 Å². The Morgan fingerprint density at radius 3 is 2.86 bits per heavy atom. The summed E-state index contributed by atoms with van der Waals surface area (Å²) in [6, 6.07) is 12.3. The van der Waals surface area contributed by atoms with Crippen LogP contribution in [0.15, 0.2) is 36.4 Å². The summed E-state index contributed by atoms with van der Waals surface area (Å²) in [4.78, 5) is 13.4. The van der Waals surface area contributed by atoms with E-state index >= 15 is 0 Å². The fourth-order valence-corrected chi connectivity index (χ4v) is 4.69. The van der Waals surface area contributed by atoms with E-state index in [4.69, 9.17) is 19.3 Å². The molecule has 1 fully saturated rings. The first-order chi connectivity index (χ1) is 14.2. The lowest BCUT2D eigenvalue weighted by atomic mass is 9.98. The lowest BCUT2D eigenvalue weighted by molar-refractivity contribution is -0.137. The van der Waals surface area contributed by atoms with Crippen LogP contribution in [0, 0.1) is 0 Å². The average Bonchev–Trinajstić information content (AvgIpc) is 3.32. The van der Waals surface area contributed by atoms with Gasteiger partial charge in [-0.25, -0.2) is 0 Å². The van der Waals surface area contributed by atoms with Gasteiger partial charge in [0.05, 0.1) is 26.2 Å². The van der Waals surface area contributed by atoms with Crippen molar-refractivity contribution in [2.24, 2.45) is 0 Å². The van der Waals surface area contributed by atoms with Crippen molar-refractivity contribution >= 4 is 11.7 Å².